The third kappa shape index (κ3) is 4.63. The number of hydrogen-bond donors (Lipinski definition) is 0. The lowest BCUT2D eigenvalue weighted by atomic mass is 10.2. The molecule has 1 aliphatic heterocycles. The molecule has 1 fully saturated rings. The number of para-hydroxylation sites is 1. The van der Waals surface area contributed by atoms with Gasteiger partial charge in [0.1, 0.15) is 29.6 Å². The minimum Gasteiger partial charge on any atom is -0.495 e. The van der Waals surface area contributed by atoms with Crippen LogP contribution in [0.2, 0.25) is 0 Å². The van der Waals surface area contributed by atoms with E-state index in [1.54, 1.807) is 12.1 Å². The van der Waals surface area contributed by atoms with Crippen molar-refractivity contribution in [1.82, 2.24) is 4.31 Å². The van der Waals surface area contributed by atoms with Crippen LogP contribution in [0.3, 0.4) is 0 Å². The Hall–Kier alpha value is -2.58. The molecule has 2 aromatic carbocycles. The van der Waals surface area contributed by atoms with Crippen molar-refractivity contribution in [2.75, 3.05) is 33.4 Å². The van der Waals surface area contributed by atoms with Crippen molar-refractivity contribution >= 4 is 16.0 Å². The number of carbonyl (C=O) groups is 1. The molecule has 0 radical (unpaired) electrons. The van der Waals surface area contributed by atoms with E-state index in [4.69, 9.17) is 14.2 Å². The van der Waals surface area contributed by atoms with Gasteiger partial charge in [-0.15, -0.1) is 0 Å². The Morgan fingerprint density at radius 3 is 2.43 bits per heavy atom. The lowest BCUT2D eigenvalue weighted by Crippen LogP contribution is -2.28. The van der Waals surface area contributed by atoms with Crippen LogP contribution in [0.5, 0.6) is 11.5 Å². The van der Waals surface area contributed by atoms with E-state index in [1.807, 2.05) is 18.2 Å². The van der Waals surface area contributed by atoms with Crippen LogP contribution in [0, 0.1) is 0 Å². The molecule has 0 aromatic heterocycles. The highest BCUT2D eigenvalue weighted by Gasteiger charge is 2.30. The Morgan fingerprint density at radius 1 is 1.04 bits per heavy atom. The number of sulfonamides is 1. The molecule has 3 rings (SSSR count). The van der Waals surface area contributed by atoms with Gasteiger partial charge in [-0.05, 0) is 43.2 Å². The van der Waals surface area contributed by atoms with Gasteiger partial charge in [0.05, 0.1) is 12.7 Å². The van der Waals surface area contributed by atoms with E-state index in [0.29, 0.717) is 18.8 Å². The molecule has 0 saturated carbocycles. The highest BCUT2D eigenvalue weighted by Crippen LogP contribution is 2.30. The van der Waals surface area contributed by atoms with Crippen molar-refractivity contribution < 1.29 is 27.4 Å². The van der Waals surface area contributed by atoms with E-state index in [1.165, 1.54) is 29.6 Å². The zero-order valence-electron chi connectivity index (χ0n) is 15.7. The van der Waals surface area contributed by atoms with E-state index in [2.05, 4.69) is 0 Å². The van der Waals surface area contributed by atoms with Gasteiger partial charge in [0, 0.05) is 13.1 Å². The van der Waals surface area contributed by atoms with Gasteiger partial charge in [0.2, 0.25) is 10.0 Å². The summed E-state index contributed by atoms with van der Waals surface area (Å²) in [5.74, 6) is 0.273. The van der Waals surface area contributed by atoms with E-state index < -0.39 is 16.0 Å². The zero-order chi connectivity index (χ0) is 20.0. The Labute approximate surface area is 164 Å². The molecule has 0 bridgehead atoms. The highest BCUT2D eigenvalue weighted by atomic mass is 32.2. The number of hydrogen-bond acceptors (Lipinski definition) is 6. The first-order valence-corrected chi connectivity index (χ1v) is 10.5. The topological polar surface area (TPSA) is 82.1 Å². The zero-order valence-corrected chi connectivity index (χ0v) is 16.5. The molecule has 1 heterocycles. The molecule has 28 heavy (non-hydrogen) atoms. The second-order valence-electron chi connectivity index (χ2n) is 6.27. The Balaban J connectivity index is 1.67. The molecule has 0 amide bonds. The second-order valence-corrected chi connectivity index (χ2v) is 8.18. The average Bonchev–Trinajstić information content (AvgIpc) is 3.27. The SMILES string of the molecule is COc1ccc(C(=O)OCCOc2ccccc2)cc1S(=O)(=O)N1CCCC1. The first-order chi connectivity index (χ1) is 13.5. The van der Waals surface area contributed by atoms with Crippen molar-refractivity contribution in [3.63, 3.8) is 0 Å². The Morgan fingerprint density at radius 2 is 1.75 bits per heavy atom. The molecule has 1 aliphatic rings. The summed E-state index contributed by atoms with van der Waals surface area (Å²) in [6, 6.07) is 13.5. The van der Waals surface area contributed by atoms with Gasteiger partial charge in [-0.25, -0.2) is 13.2 Å². The second kappa shape index (κ2) is 9.07. The fraction of sp³-hybridized carbons (Fsp3) is 0.350. The van der Waals surface area contributed by atoms with Gasteiger partial charge in [-0.1, -0.05) is 18.2 Å². The number of esters is 1. The van der Waals surface area contributed by atoms with Crippen molar-refractivity contribution in [2.24, 2.45) is 0 Å². The van der Waals surface area contributed by atoms with E-state index in [9.17, 15) is 13.2 Å². The summed E-state index contributed by atoms with van der Waals surface area (Å²) in [5.41, 5.74) is 0.151. The number of methoxy groups -OCH3 is 1. The molecule has 8 heteroatoms. The molecule has 0 N–H and O–H groups in total. The third-order valence-electron chi connectivity index (χ3n) is 4.41. The van der Waals surface area contributed by atoms with Gasteiger partial charge in [-0.3, -0.25) is 0 Å². The lowest BCUT2D eigenvalue weighted by molar-refractivity contribution is 0.0450. The third-order valence-corrected chi connectivity index (χ3v) is 6.33. The monoisotopic (exact) mass is 405 g/mol. The number of rotatable bonds is 8. The van der Waals surface area contributed by atoms with Crippen LogP contribution in [0.15, 0.2) is 53.4 Å². The number of ether oxygens (including phenoxy) is 3. The standard InChI is InChI=1S/C20H23NO6S/c1-25-18-10-9-16(15-19(18)28(23,24)21-11-5-6-12-21)20(22)27-14-13-26-17-7-3-2-4-8-17/h2-4,7-10,15H,5-6,11-14H2,1H3. The maximum atomic E-state index is 12.9. The van der Waals surface area contributed by atoms with Gasteiger partial charge in [-0.2, -0.15) is 4.31 Å². The van der Waals surface area contributed by atoms with Crippen LogP contribution >= 0.6 is 0 Å². The summed E-state index contributed by atoms with van der Waals surface area (Å²) in [7, 11) is -2.32. The van der Waals surface area contributed by atoms with Gasteiger partial charge >= 0.3 is 5.97 Å². The summed E-state index contributed by atoms with van der Waals surface area (Å²) in [5, 5.41) is 0. The summed E-state index contributed by atoms with van der Waals surface area (Å²) >= 11 is 0. The summed E-state index contributed by atoms with van der Waals surface area (Å²) in [6.07, 6.45) is 1.65. The van der Waals surface area contributed by atoms with Crippen LogP contribution < -0.4 is 9.47 Å². The molecule has 1 saturated heterocycles. The first kappa shape index (κ1) is 20.2. The smallest absolute Gasteiger partial charge is 0.338 e. The molecule has 7 nitrogen and oxygen atoms in total. The van der Waals surface area contributed by atoms with Crippen LogP contribution in [-0.4, -0.2) is 52.1 Å². The van der Waals surface area contributed by atoms with Crippen molar-refractivity contribution in [1.29, 1.82) is 0 Å². The van der Waals surface area contributed by atoms with Crippen LogP contribution in [0.4, 0.5) is 0 Å². The molecular formula is C20H23NO6S. The Bertz CT molecular complexity index is 908. The van der Waals surface area contributed by atoms with E-state index in [-0.39, 0.29) is 29.4 Å². The lowest BCUT2D eigenvalue weighted by Gasteiger charge is -2.18. The predicted molar refractivity (Wildman–Crippen MR) is 103 cm³/mol. The molecule has 0 spiro atoms. The molecule has 0 aliphatic carbocycles. The predicted octanol–water partition coefficient (Wildman–Crippen LogP) is 2.72. The molecule has 0 atom stereocenters. The average molecular weight is 405 g/mol. The van der Waals surface area contributed by atoms with Gasteiger partial charge < -0.3 is 14.2 Å². The first-order valence-electron chi connectivity index (χ1n) is 9.05. The van der Waals surface area contributed by atoms with Gasteiger partial charge in [0.25, 0.3) is 0 Å². The van der Waals surface area contributed by atoms with Crippen molar-refractivity contribution in [3.05, 3.63) is 54.1 Å². The quantitative estimate of drug-likeness (QED) is 0.496. The van der Waals surface area contributed by atoms with Crippen molar-refractivity contribution in [2.45, 2.75) is 17.7 Å². The maximum absolute atomic E-state index is 12.9. The largest absolute Gasteiger partial charge is 0.495 e. The number of benzene rings is 2. The Kier molecular flexibility index (Phi) is 6.53. The minimum absolute atomic E-state index is 0.0214. The normalized spacial score (nSPS) is 14.6. The molecule has 150 valence electrons. The fourth-order valence-electron chi connectivity index (χ4n) is 2.97. The minimum atomic E-state index is -3.72. The molecule has 2 aromatic rings. The van der Waals surface area contributed by atoms with Crippen LogP contribution in [0.25, 0.3) is 0 Å². The summed E-state index contributed by atoms with van der Waals surface area (Å²) < 4.78 is 43.0. The molecular weight excluding hydrogens is 382 g/mol. The molecule has 0 unspecified atom stereocenters. The summed E-state index contributed by atoms with van der Waals surface area (Å²) in [4.78, 5) is 12.3. The van der Waals surface area contributed by atoms with Crippen molar-refractivity contribution in [3.8, 4) is 11.5 Å². The number of carbonyl (C=O) groups excluding carboxylic acids is 1. The van der Waals surface area contributed by atoms with Gasteiger partial charge in [0.15, 0.2) is 0 Å². The van der Waals surface area contributed by atoms with E-state index >= 15 is 0 Å². The van der Waals surface area contributed by atoms with Crippen LogP contribution in [-0.2, 0) is 14.8 Å². The highest BCUT2D eigenvalue weighted by molar-refractivity contribution is 7.89. The van der Waals surface area contributed by atoms with Crippen LogP contribution in [0.1, 0.15) is 23.2 Å². The summed E-state index contributed by atoms with van der Waals surface area (Å²) in [6.45, 7) is 1.19. The van der Waals surface area contributed by atoms with E-state index in [0.717, 1.165) is 12.8 Å². The maximum Gasteiger partial charge on any atom is 0.338 e. The fourth-order valence-corrected chi connectivity index (χ4v) is 4.67. The number of nitrogens with zero attached hydrogens (tertiary/aromatic N) is 1.